The first-order valence-electron chi connectivity index (χ1n) is 13.1. The molecule has 1 aromatic carbocycles. The van der Waals surface area contributed by atoms with E-state index in [9.17, 15) is 13.2 Å². The summed E-state index contributed by atoms with van der Waals surface area (Å²) in [6.45, 7) is 11.0. The Morgan fingerprint density at radius 3 is 1.79 bits per heavy atom. The molecular formula is C28H47F3O2Sn. The summed E-state index contributed by atoms with van der Waals surface area (Å²) in [5, 5.41) is 0. The van der Waals surface area contributed by atoms with E-state index in [0.29, 0.717) is 13.0 Å². The van der Waals surface area contributed by atoms with Gasteiger partial charge in [0.05, 0.1) is 0 Å². The molecule has 0 amide bonds. The number of halogens is 3. The zero-order valence-electron chi connectivity index (χ0n) is 22.3. The number of benzene rings is 1. The van der Waals surface area contributed by atoms with Gasteiger partial charge in [0, 0.05) is 0 Å². The topological polar surface area (TPSA) is 18.5 Å². The maximum absolute atomic E-state index is 13.9. The molecule has 1 rings (SSSR count). The minimum absolute atomic E-state index is 0.141. The first-order chi connectivity index (χ1) is 16.1. The van der Waals surface area contributed by atoms with E-state index in [1.807, 2.05) is 24.3 Å². The van der Waals surface area contributed by atoms with Crippen LogP contribution in [0.2, 0.25) is 13.3 Å². The summed E-state index contributed by atoms with van der Waals surface area (Å²) < 4.78 is 57.0. The molecule has 0 aliphatic heterocycles. The molecule has 0 aliphatic rings. The van der Waals surface area contributed by atoms with Crippen LogP contribution in [-0.2, 0) is 11.3 Å². The number of ether oxygens (including phenoxy) is 2. The van der Waals surface area contributed by atoms with Gasteiger partial charge in [-0.1, -0.05) is 0 Å². The normalized spacial score (nSPS) is 14.0. The van der Waals surface area contributed by atoms with Gasteiger partial charge in [-0.2, -0.15) is 0 Å². The molecule has 0 radical (unpaired) electrons. The molecule has 1 atom stereocenters. The van der Waals surface area contributed by atoms with E-state index in [1.54, 1.807) is 7.11 Å². The minimum atomic E-state index is -4.28. The number of hydrogen-bond donors (Lipinski definition) is 0. The summed E-state index contributed by atoms with van der Waals surface area (Å²) in [5.74, 6) is 0.920. The van der Waals surface area contributed by atoms with E-state index < -0.39 is 24.6 Å². The van der Waals surface area contributed by atoms with Crippen LogP contribution < -0.4 is 4.74 Å². The van der Waals surface area contributed by atoms with Crippen LogP contribution >= 0.6 is 0 Å². The van der Waals surface area contributed by atoms with Crippen molar-refractivity contribution in [3.05, 3.63) is 39.5 Å². The van der Waals surface area contributed by atoms with Crippen LogP contribution in [0.1, 0.15) is 85.1 Å². The molecule has 0 aromatic heterocycles. The number of hydrogen-bond acceptors (Lipinski definition) is 2. The van der Waals surface area contributed by atoms with Gasteiger partial charge in [-0.05, 0) is 0 Å². The molecule has 0 saturated heterocycles. The van der Waals surface area contributed by atoms with Gasteiger partial charge in [-0.15, -0.1) is 0 Å². The van der Waals surface area contributed by atoms with Gasteiger partial charge in [0.2, 0.25) is 0 Å². The Morgan fingerprint density at radius 1 is 0.912 bits per heavy atom. The molecule has 0 fully saturated rings. The Morgan fingerprint density at radius 2 is 1.41 bits per heavy atom. The van der Waals surface area contributed by atoms with E-state index in [0.717, 1.165) is 72.8 Å². The summed E-state index contributed by atoms with van der Waals surface area (Å²) in [6, 6.07) is 7.69. The molecule has 0 N–H and O–H groups in total. The molecule has 0 heterocycles. The SMILES string of the molecule is CCC[CH2][Sn]([CH2]CCC)([CH2]CCC)/[C](=C/C(F)(F)F)CC(OCc1ccc(OC)cc1)C(C)C. The molecule has 0 saturated carbocycles. The number of allylic oxidation sites excluding steroid dienone is 1. The molecule has 0 aliphatic carbocycles. The van der Waals surface area contributed by atoms with Crippen LogP contribution in [0, 0.1) is 5.92 Å². The molecule has 2 nitrogen and oxygen atoms in total. The fourth-order valence-electron chi connectivity index (χ4n) is 4.66. The zero-order chi connectivity index (χ0) is 25.6. The molecule has 6 heteroatoms. The number of rotatable bonds is 17. The molecule has 196 valence electrons. The summed E-state index contributed by atoms with van der Waals surface area (Å²) in [7, 11) is 1.63. The summed E-state index contributed by atoms with van der Waals surface area (Å²) in [6.07, 6.45) is 2.87. The van der Waals surface area contributed by atoms with Gasteiger partial charge in [-0.25, -0.2) is 0 Å². The number of methoxy groups -OCH3 is 1. The Labute approximate surface area is 210 Å². The van der Waals surface area contributed by atoms with Crippen LogP contribution in [0.25, 0.3) is 0 Å². The molecule has 34 heavy (non-hydrogen) atoms. The van der Waals surface area contributed by atoms with Crippen molar-refractivity contribution >= 4 is 18.4 Å². The van der Waals surface area contributed by atoms with Gasteiger partial charge in [0.15, 0.2) is 0 Å². The van der Waals surface area contributed by atoms with E-state index in [2.05, 4.69) is 34.6 Å². The van der Waals surface area contributed by atoms with Crippen molar-refractivity contribution in [2.75, 3.05) is 7.11 Å². The quantitative estimate of drug-likeness (QED) is 0.168. The van der Waals surface area contributed by atoms with Gasteiger partial charge in [0.25, 0.3) is 0 Å². The van der Waals surface area contributed by atoms with Crippen molar-refractivity contribution in [3.63, 3.8) is 0 Å². The van der Waals surface area contributed by atoms with Crippen molar-refractivity contribution < 1.29 is 22.6 Å². The molecule has 1 unspecified atom stereocenters. The summed E-state index contributed by atoms with van der Waals surface area (Å²) in [5.41, 5.74) is 1.01. The molecule has 0 bridgehead atoms. The fraction of sp³-hybridized carbons (Fsp3) is 0.714. The third-order valence-electron chi connectivity index (χ3n) is 6.83. The number of alkyl halides is 3. The summed E-state index contributed by atoms with van der Waals surface area (Å²) >= 11 is -3.24. The van der Waals surface area contributed by atoms with Crippen molar-refractivity contribution in [1.82, 2.24) is 0 Å². The van der Waals surface area contributed by atoms with Crippen molar-refractivity contribution in [2.24, 2.45) is 5.92 Å². The Balaban J connectivity index is 3.27. The van der Waals surface area contributed by atoms with E-state index in [-0.39, 0.29) is 12.0 Å². The Bertz CT molecular complexity index is 677. The predicted octanol–water partition coefficient (Wildman–Crippen LogP) is 9.50. The molecule has 0 spiro atoms. The first-order valence-corrected chi connectivity index (χ1v) is 20.6. The van der Waals surface area contributed by atoms with Gasteiger partial charge < -0.3 is 0 Å². The maximum atomic E-state index is 13.9. The summed E-state index contributed by atoms with van der Waals surface area (Å²) in [4.78, 5) is 0. The van der Waals surface area contributed by atoms with Crippen LogP contribution in [0.5, 0.6) is 5.75 Å². The van der Waals surface area contributed by atoms with Gasteiger partial charge in [0.1, 0.15) is 0 Å². The first kappa shape index (κ1) is 31.3. The van der Waals surface area contributed by atoms with Gasteiger partial charge in [-0.3, -0.25) is 0 Å². The van der Waals surface area contributed by atoms with Crippen LogP contribution in [0.15, 0.2) is 33.9 Å². The third-order valence-corrected chi connectivity index (χ3v) is 22.9. The van der Waals surface area contributed by atoms with E-state index in [1.165, 1.54) is 0 Å². The monoisotopic (exact) mass is 592 g/mol. The average Bonchev–Trinajstić information content (AvgIpc) is 2.80. The second-order valence-corrected chi connectivity index (χ2v) is 23.4. The van der Waals surface area contributed by atoms with Crippen LogP contribution in [-0.4, -0.2) is 37.8 Å². The van der Waals surface area contributed by atoms with E-state index >= 15 is 0 Å². The molecule has 1 aromatic rings. The Kier molecular flexibility index (Phi) is 14.9. The second-order valence-electron chi connectivity index (χ2n) is 9.95. The standard InChI is InChI=1S/C16H20F3O2.3C4H9.Sn/c1-12(2)15(5-4-10-16(17,18)19)21-11-13-6-8-14(20-3)9-7-13;3*1-3-4-2;/h6-10,12,15H,5,11H2,1-3H3;3*1,3-4H2,2H3;. The third kappa shape index (κ3) is 11.4. The van der Waals surface area contributed by atoms with Gasteiger partial charge >= 0.3 is 211 Å². The van der Waals surface area contributed by atoms with Crippen molar-refractivity contribution in [3.8, 4) is 5.75 Å². The van der Waals surface area contributed by atoms with Crippen molar-refractivity contribution in [1.29, 1.82) is 0 Å². The molecular weight excluding hydrogens is 544 g/mol. The number of unbranched alkanes of at least 4 members (excludes halogenated alkanes) is 3. The Hall–Kier alpha value is -0.691. The second kappa shape index (κ2) is 16.1. The fourth-order valence-corrected chi connectivity index (χ4v) is 21.5. The van der Waals surface area contributed by atoms with E-state index in [4.69, 9.17) is 9.47 Å². The van der Waals surface area contributed by atoms with Crippen molar-refractivity contribution in [2.45, 2.75) is 112 Å². The predicted molar refractivity (Wildman–Crippen MR) is 140 cm³/mol. The van der Waals surface area contributed by atoms with Crippen LogP contribution in [0.3, 0.4) is 0 Å². The average molecular weight is 591 g/mol. The zero-order valence-corrected chi connectivity index (χ0v) is 25.1. The van der Waals surface area contributed by atoms with Crippen LogP contribution in [0.4, 0.5) is 13.2 Å².